The molecule has 0 bridgehead atoms. The highest BCUT2D eigenvalue weighted by atomic mass is 35.7. The standard InChI is InChI=1S/C26H44N2O.ClHO4/c1-21(2)10-8-11-22(3)12-9-13-23(4)15-16-26(29)27-20-24-17-19-28(5)18-7-6-14-25(24)28;2-1(3,4)5/h10,12,15,24-25H,6-9,11,13-14,16-20H2,1-5H3;(H,2,3,4,5)/b22-12+,23-15+;/t24-,25+,28?;/m0./s1. The van der Waals surface area contributed by atoms with Crippen molar-refractivity contribution in [2.24, 2.45) is 5.92 Å². The van der Waals surface area contributed by atoms with Crippen LogP contribution in [0.5, 0.6) is 0 Å². The normalized spacial score (nSPS) is 25.2. The van der Waals surface area contributed by atoms with Crippen molar-refractivity contribution in [1.29, 1.82) is 0 Å². The highest BCUT2D eigenvalue weighted by Crippen LogP contribution is 2.36. The Bertz CT molecular complexity index is 719. The van der Waals surface area contributed by atoms with Gasteiger partial charge in [-0.1, -0.05) is 34.9 Å². The van der Waals surface area contributed by atoms with Gasteiger partial charge in [-0.3, -0.25) is 4.79 Å². The first-order chi connectivity index (χ1) is 15.8. The highest BCUT2D eigenvalue weighted by Gasteiger charge is 2.46. The molecular formula is C26H45ClN2O5. The number of carbonyl (C=O) groups excluding carboxylic acids is 1. The molecule has 2 rings (SSSR count). The smallest absolute Gasteiger partial charge is 0.223 e. The van der Waals surface area contributed by atoms with Crippen LogP contribution in [0.1, 0.15) is 85.5 Å². The van der Waals surface area contributed by atoms with Crippen LogP contribution in [-0.2, 0) is 4.79 Å². The summed E-state index contributed by atoms with van der Waals surface area (Å²) < 4.78 is 35.2. The lowest BCUT2D eigenvalue weighted by Crippen LogP contribution is -2.68. The Morgan fingerprint density at radius 3 is 2.12 bits per heavy atom. The van der Waals surface area contributed by atoms with Gasteiger partial charge in [0.1, 0.15) is 0 Å². The summed E-state index contributed by atoms with van der Waals surface area (Å²) in [5.74, 6) is 0.864. The molecule has 196 valence electrons. The molecule has 7 nitrogen and oxygen atoms in total. The van der Waals surface area contributed by atoms with Crippen LogP contribution in [0.15, 0.2) is 34.9 Å². The Morgan fingerprint density at radius 2 is 1.50 bits per heavy atom. The fourth-order valence-corrected chi connectivity index (χ4v) is 5.14. The molecule has 2 saturated heterocycles. The number of rotatable bonds is 10. The van der Waals surface area contributed by atoms with Gasteiger partial charge in [-0.15, -0.1) is 10.2 Å². The van der Waals surface area contributed by atoms with E-state index in [-0.39, 0.29) is 5.91 Å². The van der Waals surface area contributed by atoms with E-state index in [0.717, 1.165) is 38.3 Å². The molecule has 0 spiro atoms. The van der Waals surface area contributed by atoms with E-state index >= 15 is 0 Å². The van der Waals surface area contributed by atoms with Crippen molar-refractivity contribution in [2.45, 2.75) is 91.5 Å². The van der Waals surface area contributed by atoms with Crippen LogP contribution in [-0.4, -0.2) is 43.1 Å². The first-order valence-corrected chi connectivity index (χ1v) is 13.7. The molecule has 0 aromatic rings. The largest absolute Gasteiger partial charge is 0.355 e. The second-order valence-electron chi connectivity index (χ2n) is 10.4. The van der Waals surface area contributed by atoms with E-state index in [1.54, 1.807) is 0 Å². The van der Waals surface area contributed by atoms with Gasteiger partial charge in [-0.25, -0.2) is 18.6 Å². The van der Waals surface area contributed by atoms with E-state index in [1.165, 1.54) is 60.0 Å². The van der Waals surface area contributed by atoms with Crippen molar-refractivity contribution < 1.29 is 38.2 Å². The number of hydrogen-bond donors (Lipinski definition) is 1. The number of piperidine rings is 1. The third-order valence-electron chi connectivity index (χ3n) is 7.09. The first-order valence-electron chi connectivity index (χ1n) is 12.5. The summed E-state index contributed by atoms with van der Waals surface area (Å²) in [5, 5.41) is 3.23. The maximum atomic E-state index is 12.3. The number of nitrogens with zero attached hydrogens (tertiary/aromatic N) is 1. The summed E-state index contributed by atoms with van der Waals surface area (Å²) in [6.45, 7) is 12.2. The van der Waals surface area contributed by atoms with Gasteiger partial charge in [0.05, 0.1) is 26.2 Å². The van der Waals surface area contributed by atoms with Gasteiger partial charge in [-0.2, -0.15) is 0 Å². The summed E-state index contributed by atoms with van der Waals surface area (Å²) in [7, 11) is -2.52. The van der Waals surface area contributed by atoms with Gasteiger partial charge in [-0.05, 0) is 66.2 Å². The molecule has 1 amide bonds. The molecule has 2 aliphatic rings. The van der Waals surface area contributed by atoms with Gasteiger partial charge in [0.25, 0.3) is 0 Å². The Hall–Kier alpha value is -1.22. The number of amides is 1. The Labute approximate surface area is 208 Å². The van der Waals surface area contributed by atoms with Crippen molar-refractivity contribution in [1.82, 2.24) is 5.32 Å². The highest BCUT2D eigenvalue weighted by molar-refractivity contribution is 5.77. The van der Waals surface area contributed by atoms with E-state index in [0.29, 0.717) is 12.3 Å². The minimum atomic E-state index is -4.94. The number of hydrogen-bond acceptors (Lipinski definition) is 5. The molecule has 0 saturated carbocycles. The maximum Gasteiger partial charge on any atom is 0.223 e. The van der Waals surface area contributed by atoms with Crippen molar-refractivity contribution in [3.8, 4) is 0 Å². The first kappa shape index (κ1) is 30.8. The lowest BCUT2D eigenvalue weighted by atomic mass is 9.92. The number of allylic oxidation sites excluding steroid dienone is 5. The van der Waals surface area contributed by atoms with Crippen LogP contribution in [0.2, 0.25) is 0 Å². The second kappa shape index (κ2) is 15.0. The van der Waals surface area contributed by atoms with Gasteiger partial charge < -0.3 is 9.80 Å². The second-order valence-corrected chi connectivity index (χ2v) is 11.1. The lowest BCUT2D eigenvalue weighted by Gasteiger charge is -2.41. The average molecular weight is 501 g/mol. The predicted octanol–water partition coefficient (Wildman–Crippen LogP) is 1.17. The zero-order valence-corrected chi connectivity index (χ0v) is 22.5. The molecule has 0 aromatic heterocycles. The fourth-order valence-electron chi connectivity index (χ4n) is 5.14. The maximum absolute atomic E-state index is 12.3. The predicted molar refractivity (Wildman–Crippen MR) is 125 cm³/mol. The monoisotopic (exact) mass is 500 g/mol. The number of quaternary nitrogens is 1. The van der Waals surface area contributed by atoms with Crippen LogP contribution in [0.25, 0.3) is 0 Å². The van der Waals surface area contributed by atoms with Crippen LogP contribution in [0, 0.1) is 16.2 Å². The number of fused-ring (bicyclic) bond motifs is 1. The molecule has 2 aliphatic heterocycles. The summed E-state index contributed by atoms with van der Waals surface area (Å²) >= 11 is 0. The van der Waals surface area contributed by atoms with Crippen molar-refractivity contribution >= 4 is 5.91 Å². The topological polar surface area (TPSA) is 121 Å². The van der Waals surface area contributed by atoms with Crippen LogP contribution in [0.3, 0.4) is 0 Å². The van der Waals surface area contributed by atoms with E-state index < -0.39 is 10.2 Å². The molecule has 1 unspecified atom stereocenters. The van der Waals surface area contributed by atoms with E-state index in [4.69, 9.17) is 18.6 Å². The Morgan fingerprint density at radius 1 is 0.912 bits per heavy atom. The van der Waals surface area contributed by atoms with E-state index in [1.807, 2.05) is 0 Å². The summed E-state index contributed by atoms with van der Waals surface area (Å²) in [4.78, 5) is 12.3. The van der Waals surface area contributed by atoms with Gasteiger partial charge in [0, 0.05) is 31.7 Å². The molecule has 0 radical (unpaired) electrons. The number of nitrogens with one attached hydrogen (secondary N) is 1. The van der Waals surface area contributed by atoms with E-state index in [2.05, 4.69) is 58.3 Å². The summed E-state index contributed by atoms with van der Waals surface area (Å²) in [6.07, 6.45) is 17.1. The molecule has 2 heterocycles. The lowest BCUT2D eigenvalue weighted by molar-refractivity contribution is -2.00. The SMILES string of the molecule is CC(C)=CCC/C(C)=C/CC/C(C)=C/CC(=O)NC[C@@H]1CC[N+]2(C)CCCC[C@H]12.[O-][Cl+3]([O-])([O-])[O-]. The van der Waals surface area contributed by atoms with E-state index in [9.17, 15) is 4.79 Å². The molecule has 0 aromatic carbocycles. The summed E-state index contributed by atoms with van der Waals surface area (Å²) in [6, 6.07) is 0.771. The van der Waals surface area contributed by atoms with Crippen molar-refractivity contribution in [2.75, 3.05) is 26.7 Å². The van der Waals surface area contributed by atoms with Gasteiger partial charge in [0.15, 0.2) is 0 Å². The molecule has 34 heavy (non-hydrogen) atoms. The zero-order chi connectivity index (χ0) is 25.8. The van der Waals surface area contributed by atoms with Gasteiger partial charge >= 0.3 is 0 Å². The molecule has 3 atom stereocenters. The third kappa shape index (κ3) is 13.6. The third-order valence-corrected chi connectivity index (χ3v) is 7.09. The summed E-state index contributed by atoms with van der Waals surface area (Å²) in [5.41, 5.74) is 4.19. The van der Waals surface area contributed by atoms with Crippen LogP contribution < -0.4 is 24.0 Å². The average Bonchev–Trinajstić information content (AvgIpc) is 3.05. The minimum Gasteiger partial charge on any atom is -0.355 e. The van der Waals surface area contributed by atoms with Crippen molar-refractivity contribution in [3.63, 3.8) is 0 Å². The number of carbonyl (C=O) groups is 1. The molecular weight excluding hydrogens is 456 g/mol. The minimum absolute atomic E-state index is 0.190. The molecule has 1 N–H and O–H groups in total. The molecule has 0 aliphatic carbocycles. The Balaban J connectivity index is 0.00000104. The zero-order valence-electron chi connectivity index (χ0n) is 21.7. The van der Waals surface area contributed by atoms with Crippen molar-refractivity contribution in [3.05, 3.63) is 34.9 Å². The number of halogens is 1. The van der Waals surface area contributed by atoms with Crippen LogP contribution in [0.4, 0.5) is 0 Å². The quantitative estimate of drug-likeness (QED) is 0.356. The molecule has 2 fully saturated rings. The fraction of sp³-hybridized carbons (Fsp3) is 0.731. The Kier molecular flexibility index (Phi) is 13.6. The van der Waals surface area contributed by atoms with Crippen LogP contribution >= 0.6 is 0 Å². The molecule has 8 heteroatoms. The van der Waals surface area contributed by atoms with Gasteiger partial charge in [0.2, 0.25) is 5.91 Å².